The fraction of sp³-hybridized carbons (Fsp3) is 0.238. The summed E-state index contributed by atoms with van der Waals surface area (Å²) in [6.45, 7) is 3.64. The van der Waals surface area contributed by atoms with Gasteiger partial charge in [0.2, 0.25) is 11.8 Å². The van der Waals surface area contributed by atoms with E-state index in [0.29, 0.717) is 28.6 Å². The van der Waals surface area contributed by atoms with E-state index in [4.69, 9.17) is 4.42 Å². The van der Waals surface area contributed by atoms with E-state index in [1.54, 1.807) is 24.5 Å². The molecule has 4 rings (SSSR count). The number of aliphatic hydroxyl groups excluding tert-OH is 1. The van der Waals surface area contributed by atoms with Gasteiger partial charge < -0.3 is 19.4 Å². The molecule has 2 N–H and O–H groups in total. The summed E-state index contributed by atoms with van der Waals surface area (Å²) in [6.07, 6.45) is 1.75. The van der Waals surface area contributed by atoms with Gasteiger partial charge in [0.05, 0.1) is 40.8 Å². The first-order valence-corrected chi connectivity index (χ1v) is 9.09. The van der Waals surface area contributed by atoms with Gasteiger partial charge >= 0.3 is 0 Å². The molecule has 8 heteroatoms. The molecule has 2 aromatic carbocycles. The molecule has 4 aromatic rings. The number of aryl methyl sites for hydroxylation is 1. The lowest BCUT2D eigenvalue weighted by Crippen LogP contribution is -2.35. The molecule has 146 valence electrons. The molecular formula is C21H20N6O2. The zero-order valence-corrected chi connectivity index (χ0v) is 16.3. The van der Waals surface area contributed by atoms with Crippen molar-refractivity contribution in [1.82, 2.24) is 19.7 Å². The van der Waals surface area contributed by atoms with Crippen molar-refractivity contribution >= 4 is 16.7 Å². The molecule has 0 saturated carbocycles. The van der Waals surface area contributed by atoms with Gasteiger partial charge in [-0.25, -0.2) is 4.98 Å². The second-order valence-corrected chi connectivity index (χ2v) is 7.51. The van der Waals surface area contributed by atoms with Crippen molar-refractivity contribution in [2.45, 2.75) is 19.4 Å². The largest absolute Gasteiger partial charge is 0.416 e. The second kappa shape index (κ2) is 7.04. The topological polar surface area (TPSA) is 113 Å². The van der Waals surface area contributed by atoms with Crippen LogP contribution in [0.25, 0.3) is 33.9 Å². The summed E-state index contributed by atoms with van der Waals surface area (Å²) < 4.78 is 7.79. The maximum absolute atomic E-state index is 9.52. The molecule has 2 aromatic heterocycles. The average molecular weight is 388 g/mol. The van der Waals surface area contributed by atoms with Gasteiger partial charge in [-0.3, -0.25) is 0 Å². The van der Waals surface area contributed by atoms with E-state index >= 15 is 0 Å². The summed E-state index contributed by atoms with van der Waals surface area (Å²) in [4.78, 5) is 4.31. The van der Waals surface area contributed by atoms with Crippen LogP contribution in [0.4, 0.5) is 5.69 Å². The van der Waals surface area contributed by atoms with Gasteiger partial charge in [0.1, 0.15) is 6.07 Å². The number of nitrogens with one attached hydrogen (secondary N) is 1. The number of benzene rings is 2. The van der Waals surface area contributed by atoms with E-state index in [2.05, 4.69) is 26.6 Å². The molecule has 0 aliphatic rings. The Labute approximate surface area is 167 Å². The van der Waals surface area contributed by atoms with E-state index in [0.717, 1.165) is 16.6 Å². The number of rotatable bonds is 5. The number of hydrogen-bond donors (Lipinski definition) is 2. The number of nitriles is 1. The van der Waals surface area contributed by atoms with Crippen molar-refractivity contribution < 1.29 is 9.52 Å². The van der Waals surface area contributed by atoms with Gasteiger partial charge in [0, 0.05) is 18.2 Å². The lowest BCUT2D eigenvalue weighted by atomic mass is 10.0. The quantitative estimate of drug-likeness (QED) is 0.539. The minimum absolute atomic E-state index is 0.0619. The minimum atomic E-state index is -0.546. The van der Waals surface area contributed by atoms with Gasteiger partial charge in [-0.05, 0) is 50.2 Å². The van der Waals surface area contributed by atoms with Gasteiger partial charge in [0.25, 0.3) is 0 Å². The molecule has 0 aliphatic carbocycles. The zero-order valence-electron chi connectivity index (χ0n) is 16.3. The first-order valence-electron chi connectivity index (χ1n) is 9.09. The van der Waals surface area contributed by atoms with Crippen molar-refractivity contribution in [1.29, 1.82) is 5.26 Å². The number of aromatic nitrogens is 4. The van der Waals surface area contributed by atoms with Crippen molar-refractivity contribution in [3.05, 3.63) is 48.3 Å². The highest BCUT2D eigenvalue weighted by Crippen LogP contribution is 2.29. The normalized spacial score (nSPS) is 11.6. The van der Waals surface area contributed by atoms with Gasteiger partial charge in [-0.15, -0.1) is 10.2 Å². The summed E-state index contributed by atoms with van der Waals surface area (Å²) in [5.74, 6) is 0.722. The SMILES string of the molecule is Cn1cnc2ccc(-c3nnc(-c4ccc(NC(C)(C)CO)c(C#N)c4)o3)cc21. The minimum Gasteiger partial charge on any atom is -0.416 e. The molecule has 0 radical (unpaired) electrons. The van der Waals surface area contributed by atoms with Crippen molar-refractivity contribution in [2.24, 2.45) is 7.05 Å². The molecule has 2 heterocycles. The molecular weight excluding hydrogens is 368 g/mol. The van der Waals surface area contributed by atoms with E-state index < -0.39 is 5.54 Å². The van der Waals surface area contributed by atoms with E-state index in [-0.39, 0.29) is 6.61 Å². The highest BCUT2D eigenvalue weighted by atomic mass is 16.4. The molecule has 0 aliphatic heterocycles. The van der Waals surface area contributed by atoms with E-state index in [1.165, 1.54) is 0 Å². The average Bonchev–Trinajstić information content (AvgIpc) is 3.35. The van der Waals surface area contributed by atoms with Crippen LogP contribution in [0.2, 0.25) is 0 Å². The van der Waals surface area contributed by atoms with Crippen LogP contribution >= 0.6 is 0 Å². The van der Waals surface area contributed by atoms with Crippen LogP contribution < -0.4 is 5.32 Å². The van der Waals surface area contributed by atoms with Crippen molar-refractivity contribution in [3.63, 3.8) is 0 Å². The molecule has 0 spiro atoms. The predicted molar refractivity (Wildman–Crippen MR) is 109 cm³/mol. The second-order valence-electron chi connectivity index (χ2n) is 7.51. The maximum atomic E-state index is 9.52. The smallest absolute Gasteiger partial charge is 0.248 e. The van der Waals surface area contributed by atoms with Crippen LogP contribution in [0.3, 0.4) is 0 Å². The van der Waals surface area contributed by atoms with Gasteiger partial charge in [0.15, 0.2) is 0 Å². The van der Waals surface area contributed by atoms with Crippen LogP contribution in [0.15, 0.2) is 47.1 Å². The molecule has 29 heavy (non-hydrogen) atoms. The Morgan fingerprint density at radius 2 is 1.83 bits per heavy atom. The van der Waals surface area contributed by atoms with Crippen molar-refractivity contribution in [3.8, 4) is 29.0 Å². The molecule has 0 saturated heterocycles. The van der Waals surface area contributed by atoms with Crippen LogP contribution in [0, 0.1) is 11.3 Å². The third kappa shape index (κ3) is 3.56. The number of nitrogens with zero attached hydrogens (tertiary/aromatic N) is 5. The Morgan fingerprint density at radius 3 is 2.52 bits per heavy atom. The Balaban J connectivity index is 1.67. The molecule has 0 atom stereocenters. The number of aliphatic hydroxyl groups is 1. The lowest BCUT2D eigenvalue weighted by Gasteiger charge is -2.25. The third-order valence-electron chi connectivity index (χ3n) is 4.65. The first kappa shape index (κ1) is 18.7. The van der Waals surface area contributed by atoms with Gasteiger partial charge in [-0.2, -0.15) is 5.26 Å². The Kier molecular flexibility index (Phi) is 4.53. The Hall–Kier alpha value is -3.70. The van der Waals surface area contributed by atoms with Crippen LogP contribution in [0.5, 0.6) is 0 Å². The summed E-state index contributed by atoms with van der Waals surface area (Å²) in [7, 11) is 1.93. The van der Waals surface area contributed by atoms with Gasteiger partial charge in [-0.1, -0.05) is 0 Å². The third-order valence-corrected chi connectivity index (χ3v) is 4.65. The first-order chi connectivity index (χ1) is 13.9. The summed E-state index contributed by atoms with van der Waals surface area (Å²) in [5, 5.41) is 30.4. The summed E-state index contributed by atoms with van der Waals surface area (Å²) >= 11 is 0. The standard InChI is InChI=1S/C21H20N6O2/c1-21(2,11-28)24-16-6-4-13(8-15(16)10-22)19-25-26-20(29-19)14-5-7-17-18(9-14)27(3)12-23-17/h4-9,12,24,28H,11H2,1-3H3. The molecule has 0 unspecified atom stereocenters. The Morgan fingerprint density at radius 1 is 1.14 bits per heavy atom. The predicted octanol–water partition coefficient (Wildman–Crippen LogP) is 3.34. The summed E-state index contributed by atoms with van der Waals surface area (Å²) in [5.41, 5.74) is 3.82. The van der Waals surface area contributed by atoms with Crippen LogP contribution in [0.1, 0.15) is 19.4 Å². The molecule has 0 fully saturated rings. The number of imidazole rings is 1. The number of hydrogen-bond acceptors (Lipinski definition) is 7. The maximum Gasteiger partial charge on any atom is 0.248 e. The zero-order chi connectivity index (χ0) is 20.6. The Bertz CT molecular complexity index is 1230. The molecule has 8 nitrogen and oxygen atoms in total. The fourth-order valence-electron chi connectivity index (χ4n) is 3.00. The fourth-order valence-corrected chi connectivity index (χ4v) is 3.00. The van der Waals surface area contributed by atoms with Crippen LogP contribution in [-0.4, -0.2) is 37.0 Å². The van der Waals surface area contributed by atoms with Crippen LogP contribution in [-0.2, 0) is 7.05 Å². The summed E-state index contributed by atoms with van der Waals surface area (Å²) in [6, 6.07) is 13.2. The van der Waals surface area contributed by atoms with E-state index in [9.17, 15) is 10.4 Å². The monoisotopic (exact) mass is 388 g/mol. The highest BCUT2D eigenvalue weighted by molar-refractivity contribution is 5.80. The molecule has 0 amide bonds. The van der Waals surface area contributed by atoms with Crippen molar-refractivity contribution in [2.75, 3.05) is 11.9 Å². The highest BCUT2D eigenvalue weighted by Gasteiger charge is 2.19. The number of fused-ring (bicyclic) bond motifs is 1. The van der Waals surface area contributed by atoms with E-state index in [1.807, 2.05) is 43.7 Å². The lowest BCUT2D eigenvalue weighted by molar-refractivity contribution is 0.234. The number of anilines is 1. The molecule has 0 bridgehead atoms.